The molecule has 134 valence electrons. The summed E-state index contributed by atoms with van der Waals surface area (Å²) in [4.78, 5) is 38.0. The standard InChI is InChI=1S/C20H20N2O4/c23-18(13-22-12-6-11-17(22)20(25)26)21-16-10-5-4-9-15(16)19(24)14-7-2-1-3-8-14/h1-5,7-10,17H,6,11-13H2,(H,21,23)(H,25,26). The Hall–Kier alpha value is -2.99. The Morgan fingerprint density at radius 3 is 2.46 bits per heavy atom. The second-order valence-corrected chi connectivity index (χ2v) is 6.26. The molecule has 26 heavy (non-hydrogen) atoms. The molecule has 0 spiro atoms. The van der Waals surface area contributed by atoms with Gasteiger partial charge in [-0.05, 0) is 31.5 Å². The fourth-order valence-corrected chi connectivity index (χ4v) is 3.20. The summed E-state index contributed by atoms with van der Waals surface area (Å²) < 4.78 is 0. The van der Waals surface area contributed by atoms with Gasteiger partial charge in [0, 0.05) is 11.1 Å². The van der Waals surface area contributed by atoms with Crippen LogP contribution in [0.1, 0.15) is 28.8 Å². The number of carboxylic acid groups (broad SMARTS) is 1. The minimum Gasteiger partial charge on any atom is -0.480 e. The number of ketones is 1. The van der Waals surface area contributed by atoms with Crippen LogP contribution < -0.4 is 5.32 Å². The van der Waals surface area contributed by atoms with E-state index in [0.29, 0.717) is 29.8 Å². The molecular weight excluding hydrogens is 332 g/mol. The summed E-state index contributed by atoms with van der Waals surface area (Å²) in [6, 6.07) is 15.1. The number of likely N-dealkylation sites (tertiary alicyclic amines) is 1. The van der Waals surface area contributed by atoms with Gasteiger partial charge >= 0.3 is 5.97 Å². The highest BCUT2D eigenvalue weighted by atomic mass is 16.4. The van der Waals surface area contributed by atoms with E-state index in [1.165, 1.54) is 0 Å². The molecule has 0 aromatic heterocycles. The summed E-state index contributed by atoms with van der Waals surface area (Å²) in [5.74, 6) is -1.41. The number of aliphatic carboxylic acids is 1. The largest absolute Gasteiger partial charge is 0.480 e. The molecule has 1 unspecified atom stereocenters. The summed E-state index contributed by atoms with van der Waals surface area (Å²) in [6.07, 6.45) is 1.30. The van der Waals surface area contributed by atoms with Gasteiger partial charge in [0.2, 0.25) is 5.91 Å². The molecular formula is C20H20N2O4. The lowest BCUT2D eigenvalue weighted by Gasteiger charge is -2.20. The highest BCUT2D eigenvalue weighted by molar-refractivity contribution is 6.13. The summed E-state index contributed by atoms with van der Waals surface area (Å²) >= 11 is 0. The van der Waals surface area contributed by atoms with Crippen LogP contribution in [0.3, 0.4) is 0 Å². The highest BCUT2D eigenvalue weighted by Gasteiger charge is 2.31. The summed E-state index contributed by atoms with van der Waals surface area (Å²) in [6.45, 7) is 0.569. The van der Waals surface area contributed by atoms with Crippen molar-refractivity contribution < 1.29 is 19.5 Å². The Morgan fingerprint density at radius 1 is 1.04 bits per heavy atom. The molecule has 1 aliphatic heterocycles. The van der Waals surface area contributed by atoms with Crippen molar-refractivity contribution in [3.8, 4) is 0 Å². The molecule has 2 N–H and O–H groups in total. The number of hydrogen-bond donors (Lipinski definition) is 2. The van der Waals surface area contributed by atoms with Crippen molar-refractivity contribution in [1.82, 2.24) is 4.90 Å². The Balaban J connectivity index is 1.73. The maximum Gasteiger partial charge on any atom is 0.320 e. The minimum atomic E-state index is -0.907. The van der Waals surface area contributed by atoms with Crippen LogP contribution in [-0.2, 0) is 9.59 Å². The van der Waals surface area contributed by atoms with E-state index in [1.807, 2.05) is 6.07 Å². The van der Waals surface area contributed by atoms with Crippen LogP contribution in [-0.4, -0.2) is 46.8 Å². The van der Waals surface area contributed by atoms with E-state index in [9.17, 15) is 19.5 Å². The Labute approximate surface area is 151 Å². The molecule has 1 atom stereocenters. The number of benzene rings is 2. The van der Waals surface area contributed by atoms with Gasteiger partial charge < -0.3 is 10.4 Å². The first-order valence-corrected chi connectivity index (χ1v) is 8.52. The average Bonchev–Trinajstić information content (AvgIpc) is 3.10. The van der Waals surface area contributed by atoms with Crippen LogP contribution in [0, 0.1) is 0 Å². The number of rotatable bonds is 6. The Kier molecular flexibility index (Phi) is 5.43. The Morgan fingerprint density at radius 2 is 1.73 bits per heavy atom. The number of carboxylic acids is 1. The van der Waals surface area contributed by atoms with Gasteiger partial charge in [-0.15, -0.1) is 0 Å². The zero-order valence-electron chi connectivity index (χ0n) is 14.2. The lowest BCUT2D eigenvalue weighted by molar-refractivity contribution is -0.142. The monoisotopic (exact) mass is 352 g/mol. The van der Waals surface area contributed by atoms with Crippen molar-refractivity contribution in [2.24, 2.45) is 0 Å². The maximum atomic E-state index is 12.7. The molecule has 1 saturated heterocycles. The van der Waals surface area contributed by atoms with Crippen LogP contribution in [0.2, 0.25) is 0 Å². The molecule has 1 amide bonds. The zero-order chi connectivity index (χ0) is 18.5. The fourth-order valence-electron chi connectivity index (χ4n) is 3.20. The molecule has 6 heteroatoms. The third-order valence-corrected chi connectivity index (χ3v) is 4.48. The normalized spacial score (nSPS) is 17.0. The summed E-state index contributed by atoms with van der Waals surface area (Å²) in [5, 5.41) is 12.0. The highest BCUT2D eigenvalue weighted by Crippen LogP contribution is 2.21. The van der Waals surface area contributed by atoms with Crippen LogP contribution in [0.15, 0.2) is 54.6 Å². The first-order valence-electron chi connectivity index (χ1n) is 8.52. The van der Waals surface area contributed by atoms with Gasteiger partial charge in [0.15, 0.2) is 5.78 Å². The van der Waals surface area contributed by atoms with Crippen molar-refractivity contribution in [1.29, 1.82) is 0 Å². The molecule has 0 radical (unpaired) electrons. The van der Waals surface area contributed by atoms with Crippen LogP contribution in [0.5, 0.6) is 0 Å². The molecule has 2 aromatic carbocycles. The molecule has 0 bridgehead atoms. The molecule has 0 saturated carbocycles. The number of anilines is 1. The van der Waals surface area contributed by atoms with E-state index in [0.717, 1.165) is 6.42 Å². The predicted octanol–water partition coefficient (Wildman–Crippen LogP) is 2.41. The van der Waals surface area contributed by atoms with Crippen LogP contribution >= 0.6 is 0 Å². The number of nitrogens with one attached hydrogen (secondary N) is 1. The molecule has 6 nitrogen and oxygen atoms in total. The third-order valence-electron chi connectivity index (χ3n) is 4.48. The quantitative estimate of drug-likeness (QED) is 0.780. The maximum absolute atomic E-state index is 12.7. The van der Waals surface area contributed by atoms with E-state index in [-0.39, 0.29) is 18.2 Å². The van der Waals surface area contributed by atoms with Crippen molar-refractivity contribution >= 4 is 23.3 Å². The van der Waals surface area contributed by atoms with Gasteiger partial charge in [0.25, 0.3) is 0 Å². The van der Waals surface area contributed by atoms with Crippen molar-refractivity contribution in [3.63, 3.8) is 0 Å². The van der Waals surface area contributed by atoms with Gasteiger partial charge in [-0.3, -0.25) is 19.3 Å². The molecule has 0 aliphatic carbocycles. The smallest absolute Gasteiger partial charge is 0.320 e. The van der Waals surface area contributed by atoms with E-state index < -0.39 is 12.0 Å². The molecule has 1 fully saturated rings. The number of hydrogen-bond acceptors (Lipinski definition) is 4. The van der Waals surface area contributed by atoms with Gasteiger partial charge in [0.1, 0.15) is 6.04 Å². The number of carbonyl (C=O) groups excluding carboxylic acids is 2. The van der Waals surface area contributed by atoms with Crippen molar-refractivity contribution in [2.75, 3.05) is 18.4 Å². The second kappa shape index (κ2) is 7.93. The van der Waals surface area contributed by atoms with Crippen LogP contribution in [0.25, 0.3) is 0 Å². The Bertz CT molecular complexity index is 820. The number of nitrogens with zero attached hydrogens (tertiary/aromatic N) is 1. The molecule has 3 rings (SSSR count). The van der Waals surface area contributed by atoms with Crippen molar-refractivity contribution in [3.05, 3.63) is 65.7 Å². The van der Waals surface area contributed by atoms with E-state index in [2.05, 4.69) is 5.32 Å². The second-order valence-electron chi connectivity index (χ2n) is 6.26. The van der Waals surface area contributed by atoms with Gasteiger partial charge in [-0.2, -0.15) is 0 Å². The lowest BCUT2D eigenvalue weighted by Crippen LogP contribution is -2.41. The van der Waals surface area contributed by atoms with Crippen molar-refractivity contribution in [2.45, 2.75) is 18.9 Å². The first kappa shape index (κ1) is 17.8. The predicted molar refractivity (Wildman–Crippen MR) is 97.2 cm³/mol. The molecule has 2 aromatic rings. The first-order chi connectivity index (χ1) is 12.6. The van der Waals surface area contributed by atoms with Gasteiger partial charge in [0.05, 0.1) is 12.2 Å². The summed E-state index contributed by atoms with van der Waals surface area (Å²) in [7, 11) is 0. The van der Waals surface area contributed by atoms with E-state index in [1.54, 1.807) is 53.4 Å². The fraction of sp³-hybridized carbons (Fsp3) is 0.250. The van der Waals surface area contributed by atoms with E-state index >= 15 is 0 Å². The van der Waals surface area contributed by atoms with E-state index in [4.69, 9.17) is 0 Å². The van der Waals surface area contributed by atoms with Gasteiger partial charge in [-0.1, -0.05) is 42.5 Å². The van der Waals surface area contributed by atoms with Crippen LogP contribution in [0.4, 0.5) is 5.69 Å². The SMILES string of the molecule is O=C(CN1CCCC1C(=O)O)Nc1ccccc1C(=O)c1ccccc1. The third kappa shape index (κ3) is 3.97. The zero-order valence-corrected chi connectivity index (χ0v) is 14.2. The summed E-state index contributed by atoms with van der Waals surface area (Å²) in [5.41, 5.74) is 1.38. The lowest BCUT2D eigenvalue weighted by atomic mass is 10.0. The minimum absolute atomic E-state index is 0.00910. The number of carbonyl (C=O) groups is 3. The topological polar surface area (TPSA) is 86.7 Å². The molecule has 1 aliphatic rings. The molecule has 1 heterocycles. The van der Waals surface area contributed by atoms with Gasteiger partial charge in [-0.25, -0.2) is 0 Å². The number of para-hydroxylation sites is 1. The number of amides is 1. The average molecular weight is 352 g/mol.